The molecular formula is C11H17N3O. The number of nitrogens with two attached hydrogens (primary N) is 1. The van der Waals surface area contributed by atoms with Crippen molar-refractivity contribution < 1.29 is 4.52 Å². The third kappa shape index (κ3) is 1.31. The van der Waals surface area contributed by atoms with E-state index in [-0.39, 0.29) is 5.41 Å². The second-order valence-corrected chi connectivity index (χ2v) is 5.12. The monoisotopic (exact) mass is 207 g/mol. The van der Waals surface area contributed by atoms with Crippen LogP contribution >= 0.6 is 0 Å². The molecule has 1 aromatic heterocycles. The van der Waals surface area contributed by atoms with Gasteiger partial charge in [-0.15, -0.1) is 0 Å². The van der Waals surface area contributed by atoms with Gasteiger partial charge >= 0.3 is 0 Å². The van der Waals surface area contributed by atoms with Gasteiger partial charge in [0.25, 0.3) is 0 Å². The molecule has 0 aliphatic heterocycles. The Morgan fingerprint density at radius 2 is 2.27 bits per heavy atom. The van der Waals surface area contributed by atoms with Gasteiger partial charge in [0.1, 0.15) is 0 Å². The quantitative estimate of drug-likeness (QED) is 0.817. The summed E-state index contributed by atoms with van der Waals surface area (Å²) in [7, 11) is 0. The Hall–Kier alpha value is -0.900. The van der Waals surface area contributed by atoms with Crippen LogP contribution in [-0.2, 0) is 5.41 Å². The molecule has 0 amide bonds. The Bertz CT molecular complexity index is 364. The summed E-state index contributed by atoms with van der Waals surface area (Å²) in [6.07, 6.45) is 4.64. The van der Waals surface area contributed by atoms with E-state index in [1.807, 2.05) is 0 Å². The molecule has 2 saturated carbocycles. The molecule has 0 radical (unpaired) electrons. The molecule has 2 aliphatic rings. The molecule has 82 valence electrons. The van der Waals surface area contributed by atoms with Crippen molar-refractivity contribution in [1.82, 2.24) is 10.1 Å². The molecule has 1 heterocycles. The maximum absolute atomic E-state index is 5.80. The summed E-state index contributed by atoms with van der Waals surface area (Å²) in [5.74, 6) is 2.95. The zero-order valence-corrected chi connectivity index (χ0v) is 9.07. The summed E-state index contributed by atoms with van der Waals surface area (Å²) in [4.78, 5) is 4.53. The SMILES string of the molecule is CC1CC1c1noc(C2(CN)CCC2)n1. The Morgan fingerprint density at radius 1 is 1.53 bits per heavy atom. The summed E-state index contributed by atoms with van der Waals surface area (Å²) in [6, 6.07) is 0. The lowest BCUT2D eigenvalue weighted by Gasteiger charge is -2.36. The first-order chi connectivity index (χ1) is 7.25. The minimum Gasteiger partial charge on any atom is -0.339 e. The Kier molecular flexibility index (Phi) is 1.89. The van der Waals surface area contributed by atoms with Gasteiger partial charge in [-0.2, -0.15) is 4.98 Å². The lowest BCUT2D eigenvalue weighted by atomic mass is 9.69. The van der Waals surface area contributed by atoms with Gasteiger partial charge in [-0.05, 0) is 25.2 Å². The fourth-order valence-electron chi connectivity index (χ4n) is 2.39. The molecule has 0 spiro atoms. The highest BCUT2D eigenvalue weighted by atomic mass is 16.5. The van der Waals surface area contributed by atoms with E-state index in [4.69, 9.17) is 10.3 Å². The second-order valence-electron chi connectivity index (χ2n) is 5.12. The molecule has 2 aliphatic carbocycles. The van der Waals surface area contributed by atoms with Crippen LogP contribution in [0.4, 0.5) is 0 Å². The molecule has 4 heteroatoms. The molecule has 4 nitrogen and oxygen atoms in total. The van der Waals surface area contributed by atoms with Crippen molar-refractivity contribution in [1.29, 1.82) is 0 Å². The molecule has 2 unspecified atom stereocenters. The van der Waals surface area contributed by atoms with Crippen LogP contribution in [0.5, 0.6) is 0 Å². The number of hydrogen-bond donors (Lipinski definition) is 1. The Labute approximate surface area is 89.2 Å². The topological polar surface area (TPSA) is 64.9 Å². The van der Waals surface area contributed by atoms with Crippen molar-refractivity contribution in [3.8, 4) is 0 Å². The van der Waals surface area contributed by atoms with E-state index < -0.39 is 0 Å². The van der Waals surface area contributed by atoms with Crippen molar-refractivity contribution in [2.75, 3.05) is 6.54 Å². The van der Waals surface area contributed by atoms with Gasteiger partial charge in [-0.1, -0.05) is 18.5 Å². The van der Waals surface area contributed by atoms with Crippen LogP contribution in [0.25, 0.3) is 0 Å². The molecule has 0 saturated heterocycles. The van der Waals surface area contributed by atoms with Gasteiger partial charge in [0.2, 0.25) is 5.89 Å². The average Bonchev–Trinajstić information content (AvgIpc) is 2.72. The van der Waals surface area contributed by atoms with Crippen LogP contribution in [0.1, 0.15) is 50.2 Å². The zero-order chi connectivity index (χ0) is 10.5. The van der Waals surface area contributed by atoms with Crippen LogP contribution < -0.4 is 5.73 Å². The van der Waals surface area contributed by atoms with E-state index in [2.05, 4.69) is 17.1 Å². The molecule has 2 fully saturated rings. The molecule has 15 heavy (non-hydrogen) atoms. The van der Waals surface area contributed by atoms with Crippen LogP contribution in [0.15, 0.2) is 4.52 Å². The van der Waals surface area contributed by atoms with Crippen molar-refractivity contribution in [2.45, 2.75) is 43.9 Å². The van der Waals surface area contributed by atoms with Crippen LogP contribution in [0, 0.1) is 5.92 Å². The van der Waals surface area contributed by atoms with Crippen molar-refractivity contribution in [2.24, 2.45) is 11.7 Å². The normalized spacial score (nSPS) is 32.4. The fraction of sp³-hybridized carbons (Fsp3) is 0.818. The highest BCUT2D eigenvalue weighted by Gasteiger charge is 2.44. The highest BCUT2D eigenvalue weighted by molar-refractivity contribution is 5.15. The predicted molar refractivity (Wildman–Crippen MR) is 55.4 cm³/mol. The lowest BCUT2D eigenvalue weighted by Crippen LogP contribution is -2.41. The van der Waals surface area contributed by atoms with Gasteiger partial charge < -0.3 is 10.3 Å². The van der Waals surface area contributed by atoms with Crippen molar-refractivity contribution in [3.05, 3.63) is 11.7 Å². The molecule has 2 atom stereocenters. The fourth-order valence-corrected chi connectivity index (χ4v) is 2.39. The predicted octanol–water partition coefficient (Wildman–Crippen LogP) is 1.57. The molecule has 1 aromatic rings. The van der Waals surface area contributed by atoms with Gasteiger partial charge in [0.15, 0.2) is 5.82 Å². The third-order valence-corrected chi connectivity index (χ3v) is 4.04. The number of nitrogens with zero attached hydrogens (tertiary/aromatic N) is 2. The molecule has 3 rings (SSSR count). The van der Waals surface area contributed by atoms with E-state index >= 15 is 0 Å². The summed E-state index contributed by atoms with van der Waals surface area (Å²) in [6.45, 7) is 2.86. The second kappa shape index (κ2) is 3.04. The van der Waals surface area contributed by atoms with Gasteiger partial charge in [0, 0.05) is 12.5 Å². The van der Waals surface area contributed by atoms with Crippen LogP contribution in [0.2, 0.25) is 0 Å². The van der Waals surface area contributed by atoms with E-state index in [0.717, 1.165) is 30.5 Å². The smallest absolute Gasteiger partial charge is 0.234 e. The standard InChI is InChI=1S/C11H17N3O/c1-7-5-8(7)9-13-10(15-14-9)11(6-12)3-2-4-11/h7-8H,2-6,12H2,1H3. The first-order valence-corrected chi connectivity index (χ1v) is 5.79. The van der Waals surface area contributed by atoms with Crippen LogP contribution in [-0.4, -0.2) is 16.7 Å². The number of aromatic nitrogens is 2. The first kappa shape index (κ1) is 9.33. The van der Waals surface area contributed by atoms with Gasteiger partial charge in [-0.25, -0.2) is 0 Å². The summed E-state index contributed by atoms with van der Waals surface area (Å²) >= 11 is 0. The Morgan fingerprint density at radius 3 is 2.73 bits per heavy atom. The average molecular weight is 207 g/mol. The van der Waals surface area contributed by atoms with E-state index in [9.17, 15) is 0 Å². The largest absolute Gasteiger partial charge is 0.339 e. The van der Waals surface area contributed by atoms with E-state index in [1.165, 1.54) is 12.8 Å². The van der Waals surface area contributed by atoms with Gasteiger partial charge in [0.05, 0.1) is 5.41 Å². The number of rotatable bonds is 3. The number of hydrogen-bond acceptors (Lipinski definition) is 4. The van der Waals surface area contributed by atoms with Crippen molar-refractivity contribution >= 4 is 0 Å². The summed E-state index contributed by atoms with van der Waals surface area (Å²) < 4.78 is 5.37. The van der Waals surface area contributed by atoms with Crippen molar-refractivity contribution in [3.63, 3.8) is 0 Å². The first-order valence-electron chi connectivity index (χ1n) is 5.79. The highest BCUT2D eigenvalue weighted by Crippen LogP contribution is 2.47. The molecule has 0 bridgehead atoms. The maximum Gasteiger partial charge on any atom is 0.234 e. The summed E-state index contributed by atoms with van der Waals surface area (Å²) in [5.41, 5.74) is 5.82. The Balaban J connectivity index is 1.83. The zero-order valence-electron chi connectivity index (χ0n) is 9.07. The minimum atomic E-state index is 0.0172. The van der Waals surface area contributed by atoms with E-state index in [1.54, 1.807) is 0 Å². The minimum absolute atomic E-state index is 0.0172. The summed E-state index contributed by atoms with van der Waals surface area (Å²) in [5, 5.41) is 4.08. The molecular weight excluding hydrogens is 190 g/mol. The van der Waals surface area contributed by atoms with Crippen LogP contribution in [0.3, 0.4) is 0 Å². The van der Waals surface area contributed by atoms with Gasteiger partial charge in [-0.3, -0.25) is 0 Å². The lowest BCUT2D eigenvalue weighted by molar-refractivity contribution is 0.181. The molecule has 0 aromatic carbocycles. The van der Waals surface area contributed by atoms with E-state index in [0.29, 0.717) is 12.5 Å². The third-order valence-electron chi connectivity index (χ3n) is 4.04. The maximum atomic E-state index is 5.80. The molecule has 2 N–H and O–H groups in total.